The zero-order valence-corrected chi connectivity index (χ0v) is 11.4. The van der Waals surface area contributed by atoms with Crippen LogP contribution in [-0.4, -0.2) is 23.3 Å². The molecular weight excluding hydrogens is 257 g/mol. The number of aryl methyl sites for hydroxylation is 1. The molecule has 0 aliphatic carbocycles. The van der Waals surface area contributed by atoms with Crippen LogP contribution in [-0.2, 0) is 12.8 Å². The molecule has 20 heavy (non-hydrogen) atoms. The van der Waals surface area contributed by atoms with Crippen LogP contribution in [0.5, 0.6) is 5.75 Å². The molecule has 0 fully saturated rings. The van der Waals surface area contributed by atoms with Crippen LogP contribution >= 0.6 is 0 Å². The number of aliphatic hydroxyl groups excluding tert-OH is 1. The first-order valence-electron chi connectivity index (χ1n) is 6.59. The monoisotopic (exact) mass is 275 g/mol. The number of aromatic nitrogens is 1. The fourth-order valence-electron chi connectivity index (χ4n) is 2.07. The van der Waals surface area contributed by atoms with Crippen LogP contribution in [0, 0.1) is 5.82 Å². The van der Waals surface area contributed by atoms with E-state index in [-0.39, 0.29) is 5.75 Å². The van der Waals surface area contributed by atoms with Crippen LogP contribution in [0.1, 0.15) is 17.7 Å². The van der Waals surface area contributed by atoms with Gasteiger partial charge in [0.05, 0.1) is 13.2 Å². The molecule has 2 aromatic rings. The van der Waals surface area contributed by atoms with Gasteiger partial charge in [-0.2, -0.15) is 0 Å². The van der Waals surface area contributed by atoms with E-state index in [1.165, 1.54) is 13.2 Å². The van der Waals surface area contributed by atoms with Crippen molar-refractivity contribution in [1.82, 2.24) is 4.98 Å². The minimum Gasteiger partial charge on any atom is -0.494 e. The standard InChI is InChI=1S/C16H18FNO2/c1-20-16-8-5-12(11-15(16)17)10-14(19)7-6-13-4-2-3-9-18-13/h2-5,8-9,11,14,19H,6-7,10H2,1H3. The lowest BCUT2D eigenvalue weighted by molar-refractivity contribution is 0.164. The van der Waals surface area contributed by atoms with Gasteiger partial charge in [0.25, 0.3) is 0 Å². The summed E-state index contributed by atoms with van der Waals surface area (Å²) >= 11 is 0. The maximum absolute atomic E-state index is 13.5. The molecule has 106 valence electrons. The number of nitrogens with zero attached hydrogens (tertiary/aromatic N) is 1. The van der Waals surface area contributed by atoms with Crippen molar-refractivity contribution >= 4 is 0 Å². The Labute approximate surface area is 118 Å². The van der Waals surface area contributed by atoms with E-state index in [0.717, 1.165) is 11.3 Å². The molecule has 0 radical (unpaired) electrons. The Balaban J connectivity index is 1.88. The molecule has 1 unspecified atom stereocenters. The Bertz CT molecular complexity index is 545. The van der Waals surface area contributed by atoms with Crippen LogP contribution in [0.15, 0.2) is 42.6 Å². The van der Waals surface area contributed by atoms with Crippen molar-refractivity contribution in [2.75, 3.05) is 7.11 Å². The zero-order chi connectivity index (χ0) is 14.4. The molecule has 2 rings (SSSR count). The predicted molar refractivity (Wildman–Crippen MR) is 75.2 cm³/mol. The minimum atomic E-state index is -0.509. The van der Waals surface area contributed by atoms with E-state index in [2.05, 4.69) is 4.98 Å². The Morgan fingerprint density at radius 3 is 2.80 bits per heavy atom. The minimum absolute atomic E-state index is 0.219. The number of hydrogen-bond donors (Lipinski definition) is 1. The van der Waals surface area contributed by atoms with Gasteiger partial charge in [0.15, 0.2) is 11.6 Å². The Morgan fingerprint density at radius 1 is 1.30 bits per heavy atom. The first kappa shape index (κ1) is 14.5. The summed E-state index contributed by atoms with van der Waals surface area (Å²) in [6.07, 6.45) is 2.96. The van der Waals surface area contributed by atoms with Gasteiger partial charge >= 0.3 is 0 Å². The molecule has 1 atom stereocenters. The van der Waals surface area contributed by atoms with E-state index in [9.17, 15) is 9.50 Å². The molecule has 0 aliphatic heterocycles. The Morgan fingerprint density at radius 2 is 2.15 bits per heavy atom. The van der Waals surface area contributed by atoms with Gasteiger partial charge in [0, 0.05) is 11.9 Å². The van der Waals surface area contributed by atoms with Crippen molar-refractivity contribution < 1.29 is 14.2 Å². The summed E-state index contributed by atoms with van der Waals surface area (Å²) in [6, 6.07) is 10.5. The van der Waals surface area contributed by atoms with E-state index < -0.39 is 11.9 Å². The van der Waals surface area contributed by atoms with Crippen molar-refractivity contribution in [2.45, 2.75) is 25.4 Å². The maximum atomic E-state index is 13.5. The molecule has 0 bridgehead atoms. The van der Waals surface area contributed by atoms with Crippen LogP contribution in [0.3, 0.4) is 0 Å². The van der Waals surface area contributed by atoms with Gasteiger partial charge in [0.2, 0.25) is 0 Å². The molecule has 1 heterocycles. The number of ether oxygens (including phenoxy) is 1. The number of hydrogen-bond acceptors (Lipinski definition) is 3. The highest BCUT2D eigenvalue weighted by Gasteiger charge is 2.09. The number of aliphatic hydroxyl groups is 1. The highest BCUT2D eigenvalue weighted by atomic mass is 19.1. The molecule has 0 saturated heterocycles. The van der Waals surface area contributed by atoms with Crippen LogP contribution in [0.2, 0.25) is 0 Å². The maximum Gasteiger partial charge on any atom is 0.165 e. The number of pyridine rings is 1. The topological polar surface area (TPSA) is 42.4 Å². The highest BCUT2D eigenvalue weighted by Crippen LogP contribution is 2.19. The lowest BCUT2D eigenvalue weighted by Gasteiger charge is -2.11. The molecule has 1 N–H and O–H groups in total. The Kier molecular flexibility index (Phi) is 5.07. The average molecular weight is 275 g/mol. The number of benzene rings is 1. The summed E-state index contributed by atoms with van der Waals surface area (Å²) in [5.41, 5.74) is 1.71. The van der Waals surface area contributed by atoms with E-state index in [1.807, 2.05) is 18.2 Å². The van der Waals surface area contributed by atoms with E-state index in [0.29, 0.717) is 19.3 Å². The van der Waals surface area contributed by atoms with Gasteiger partial charge in [0.1, 0.15) is 0 Å². The van der Waals surface area contributed by atoms with Crippen LogP contribution in [0.4, 0.5) is 4.39 Å². The smallest absolute Gasteiger partial charge is 0.165 e. The number of rotatable bonds is 6. The number of halogens is 1. The molecule has 4 heteroatoms. The largest absolute Gasteiger partial charge is 0.494 e. The van der Waals surface area contributed by atoms with E-state index in [4.69, 9.17) is 4.74 Å². The van der Waals surface area contributed by atoms with Gasteiger partial charge in [-0.25, -0.2) is 4.39 Å². The van der Waals surface area contributed by atoms with Gasteiger partial charge in [-0.15, -0.1) is 0 Å². The fraction of sp³-hybridized carbons (Fsp3) is 0.312. The normalized spacial score (nSPS) is 12.2. The predicted octanol–water partition coefficient (Wildman–Crippen LogP) is 2.77. The van der Waals surface area contributed by atoms with Gasteiger partial charge < -0.3 is 9.84 Å². The summed E-state index contributed by atoms with van der Waals surface area (Å²) in [7, 11) is 1.43. The lowest BCUT2D eigenvalue weighted by Crippen LogP contribution is -2.12. The van der Waals surface area contributed by atoms with Gasteiger partial charge in [-0.3, -0.25) is 4.98 Å². The first-order valence-corrected chi connectivity index (χ1v) is 6.59. The average Bonchev–Trinajstić information content (AvgIpc) is 2.46. The van der Waals surface area contributed by atoms with E-state index in [1.54, 1.807) is 18.3 Å². The molecule has 0 saturated carbocycles. The second kappa shape index (κ2) is 7.01. The van der Waals surface area contributed by atoms with Crippen LogP contribution < -0.4 is 4.74 Å². The fourth-order valence-corrected chi connectivity index (χ4v) is 2.07. The summed E-state index contributed by atoms with van der Waals surface area (Å²) in [4.78, 5) is 4.21. The van der Waals surface area contributed by atoms with Crippen molar-refractivity contribution in [3.8, 4) is 5.75 Å². The third kappa shape index (κ3) is 4.03. The van der Waals surface area contributed by atoms with Crippen molar-refractivity contribution in [3.05, 3.63) is 59.7 Å². The Hall–Kier alpha value is -1.94. The molecule has 0 amide bonds. The van der Waals surface area contributed by atoms with Crippen molar-refractivity contribution in [3.63, 3.8) is 0 Å². The SMILES string of the molecule is COc1ccc(CC(O)CCc2ccccn2)cc1F. The molecule has 0 aliphatic rings. The van der Waals surface area contributed by atoms with Gasteiger partial charge in [-0.05, 0) is 49.1 Å². The summed E-state index contributed by atoms with van der Waals surface area (Å²) in [5, 5.41) is 10.00. The van der Waals surface area contributed by atoms with Gasteiger partial charge in [-0.1, -0.05) is 12.1 Å². The van der Waals surface area contributed by atoms with E-state index >= 15 is 0 Å². The lowest BCUT2D eigenvalue weighted by atomic mass is 10.0. The highest BCUT2D eigenvalue weighted by molar-refractivity contribution is 5.29. The molecule has 1 aromatic carbocycles. The summed E-state index contributed by atoms with van der Waals surface area (Å²) in [6.45, 7) is 0. The summed E-state index contributed by atoms with van der Waals surface area (Å²) in [5.74, 6) is -0.182. The van der Waals surface area contributed by atoms with Crippen molar-refractivity contribution in [1.29, 1.82) is 0 Å². The third-order valence-electron chi connectivity index (χ3n) is 3.15. The molecule has 0 spiro atoms. The summed E-state index contributed by atoms with van der Waals surface area (Å²) < 4.78 is 18.4. The van der Waals surface area contributed by atoms with Crippen LogP contribution in [0.25, 0.3) is 0 Å². The third-order valence-corrected chi connectivity index (χ3v) is 3.15. The molecule has 3 nitrogen and oxygen atoms in total. The van der Waals surface area contributed by atoms with Crippen molar-refractivity contribution in [2.24, 2.45) is 0 Å². The second-order valence-electron chi connectivity index (χ2n) is 4.69. The molecule has 1 aromatic heterocycles. The number of methoxy groups -OCH3 is 1. The quantitative estimate of drug-likeness (QED) is 0.881. The zero-order valence-electron chi connectivity index (χ0n) is 11.4. The second-order valence-corrected chi connectivity index (χ2v) is 4.69. The first-order chi connectivity index (χ1) is 9.69. The molecular formula is C16H18FNO2.